The molecule has 0 spiro atoms. The third-order valence-corrected chi connectivity index (χ3v) is 25.1. The summed E-state index contributed by atoms with van der Waals surface area (Å²) in [7, 11) is -4.96. The Balaban J connectivity index is 1.28. The molecule has 5 heteroatoms. The lowest BCUT2D eigenvalue weighted by Crippen LogP contribution is -2.11. The number of rotatable bonds is 60. The zero-order valence-corrected chi connectivity index (χ0v) is 72.5. The van der Waals surface area contributed by atoms with Crippen molar-refractivity contribution in [1.29, 1.82) is 0 Å². The molecule has 0 bridgehead atoms. The van der Waals surface area contributed by atoms with Gasteiger partial charge in [-0.15, -0.1) is 0 Å². The molecule has 0 fully saturated rings. The number of phosphoric ester groups is 1. The number of aryl methyl sites for hydroxylation is 6. The van der Waals surface area contributed by atoms with Crippen LogP contribution < -0.4 is 13.6 Å². The SMILES string of the molecule is CCCCCCCCCc1ccccc1-c1cccc(OP(=O)(Oc2cccc(-c3ccccc3CCCCCCCCC)c2-c2ccccc2CCCCCCCCC)Oc2cccc(-c3ccccc3CCCCCCCCC)c2-c2ccccc2CCCCCCCCC)c1-c1ccccc1CCCCCCCCC. The monoisotopic (exact) mass is 1540 g/mol. The van der Waals surface area contributed by atoms with Crippen molar-refractivity contribution in [2.24, 2.45) is 0 Å². The van der Waals surface area contributed by atoms with Crippen LogP contribution in [-0.2, 0) is 43.1 Å². The zero-order chi connectivity index (χ0) is 79.0. The van der Waals surface area contributed by atoms with Gasteiger partial charge in [-0.2, -0.15) is 4.57 Å². The van der Waals surface area contributed by atoms with Crippen LogP contribution in [0.5, 0.6) is 17.2 Å². The minimum absolute atomic E-state index is 0.470. The van der Waals surface area contributed by atoms with Crippen molar-refractivity contribution >= 4 is 7.82 Å². The van der Waals surface area contributed by atoms with E-state index in [1.54, 1.807) is 0 Å². The first-order valence-electron chi connectivity index (χ1n) is 46.4. The van der Waals surface area contributed by atoms with E-state index in [-0.39, 0.29) is 0 Å². The molecule has 0 radical (unpaired) electrons. The molecule has 0 saturated heterocycles. The van der Waals surface area contributed by atoms with Gasteiger partial charge in [-0.1, -0.05) is 455 Å². The highest BCUT2D eigenvalue weighted by atomic mass is 31.2. The van der Waals surface area contributed by atoms with Crippen LogP contribution in [0.15, 0.2) is 200 Å². The number of unbranched alkanes of at least 4 members (excludes halogenated alkanes) is 36. The van der Waals surface area contributed by atoms with Crippen molar-refractivity contribution < 1.29 is 18.1 Å². The largest absolute Gasteiger partial charge is 0.647 e. The molecule has 0 amide bonds. The van der Waals surface area contributed by atoms with Crippen LogP contribution in [0.1, 0.15) is 345 Å². The molecular formula is C108H147O4P. The van der Waals surface area contributed by atoms with Gasteiger partial charge in [0.15, 0.2) is 0 Å². The van der Waals surface area contributed by atoms with Gasteiger partial charge >= 0.3 is 7.82 Å². The predicted molar refractivity (Wildman–Crippen MR) is 492 cm³/mol. The molecule has 0 heterocycles. The summed E-state index contributed by atoms with van der Waals surface area (Å²) >= 11 is 0. The molecule has 608 valence electrons. The van der Waals surface area contributed by atoms with E-state index in [9.17, 15) is 0 Å². The molecule has 0 N–H and O–H groups in total. The van der Waals surface area contributed by atoms with Crippen LogP contribution in [0.3, 0.4) is 0 Å². The number of hydrogen-bond acceptors (Lipinski definition) is 4. The minimum atomic E-state index is -4.96. The van der Waals surface area contributed by atoms with Gasteiger partial charge in [-0.3, -0.25) is 0 Å². The summed E-state index contributed by atoms with van der Waals surface area (Å²) in [6.45, 7) is 13.8. The highest BCUT2D eigenvalue weighted by Gasteiger charge is 2.39. The lowest BCUT2D eigenvalue weighted by atomic mass is 9.87. The fourth-order valence-corrected chi connectivity index (χ4v) is 18.6. The third kappa shape index (κ3) is 29.4. The molecule has 0 saturated carbocycles. The second kappa shape index (κ2) is 53.0. The molecule has 0 unspecified atom stereocenters. The molecule has 9 rings (SSSR count). The first-order chi connectivity index (χ1) is 55.8. The van der Waals surface area contributed by atoms with Crippen molar-refractivity contribution in [3.8, 4) is 84.0 Å². The van der Waals surface area contributed by atoms with Gasteiger partial charge in [0, 0.05) is 16.7 Å². The molecule has 113 heavy (non-hydrogen) atoms. The van der Waals surface area contributed by atoms with Gasteiger partial charge in [-0.25, -0.2) is 0 Å². The van der Waals surface area contributed by atoms with Gasteiger partial charge in [0.05, 0.1) is 0 Å². The Kier molecular flexibility index (Phi) is 42.0. The van der Waals surface area contributed by atoms with Gasteiger partial charge < -0.3 is 13.6 Å². The van der Waals surface area contributed by atoms with Gasteiger partial charge in [-0.05, 0) is 179 Å². The first kappa shape index (κ1) is 89.5. The molecule has 0 atom stereocenters. The Morgan fingerprint density at radius 2 is 0.336 bits per heavy atom. The van der Waals surface area contributed by atoms with Crippen LogP contribution in [-0.4, -0.2) is 0 Å². The Hall–Kier alpha value is -7.39. The van der Waals surface area contributed by atoms with E-state index in [0.717, 1.165) is 127 Å². The van der Waals surface area contributed by atoms with Crippen LogP contribution >= 0.6 is 7.82 Å². The van der Waals surface area contributed by atoms with Crippen LogP contribution in [0.2, 0.25) is 0 Å². The van der Waals surface area contributed by atoms with Crippen molar-refractivity contribution in [2.75, 3.05) is 0 Å². The average Bonchev–Trinajstić information content (AvgIpc) is 0.759. The number of phosphoric acid groups is 1. The molecule has 0 aliphatic carbocycles. The van der Waals surface area contributed by atoms with Gasteiger partial charge in [0.2, 0.25) is 0 Å². The first-order valence-corrected chi connectivity index (χ1v) is 47.9. The van der Waals surface area contributed by atoms with E-state index in [1.807, 2.05) is 18.2 Å². The summed E-state index contributed by atoms with van der Waals surface area (Å²) in [5.41, 5.74) is 20.4. The Labute approximate surface area is 688 Å². The average molecular weight is 1540 g/mol. The van der Waals surface area contributed by atoms with Gasteiger partial charge in [0.1, 0.15) is 17.2 Å². The topological polar surface area (TPSA) is 44.8 Å². The lowest BCUT2D eigenvalue weighted by molar-refractivity contribution is 0.299. The Bertz CT molecular complexity index is 3740. The molecule has 4 nitrogen and oxygen atoms in total. The van der Waals surface area contributed by atoms with E-state index in [2.05, 4.69) is 224 Å². The van der Waals surface area contributed by atoms with E-state index in [1.165, 1.54) is 281 Å². The van der Waals surface area contributed by atoms with E-state index < -0.39 is 7.82 Å². The molecule has 0 aliphatic rings. The fraction of sp³-hybridized carbons (Fsp3) is 0.500. The maximum atomic E-state index is 18.4. The predicted octanol–water partition coefficient (Wildman–Crippen LogP) is 35.1. The quantitative estimate of drug-likeness (QED) is 0.0281. The van der Waals surface area contributed by atoms with E-state index >= 15 is 4.57 Å². The summed E-state index contributed by atoms with van der Waals surface area (Å²) in [4.78, 5) is 0. The van der Waals surface area contributed by atoms with Gasteiger partial charge in [0.25, 0.3) is 0 Å². The second-order valence-electron chi connectivity index (χ2n) is 32.9. The highest BCUT2D eigenvalue weighted by Crippen LogP contribution is 2.58. The molecule has 0 aromatic heterocycles. The molecular weight excluding hydrogens is 1390 g/mol. The molecule has 9 aromatic rings. The fourth-order valence-electron chi connectivity index (χ4n) is 17.3. The standard InChI is InChI=1S/C108H147O4P/c1-7-13-19-25-31-37-43-64-88-70-49-55-76-94(88)100-82-61-85-103(106(100)97-79-58-52-73-91(97)67-46-40-34-28-22-16-10-4)110-113(109,111-104-86-62-83-101(95-77-56-50-71-89(95)65-44-38-32-26-20-14-8-2)107(104)98-80-59-53-74-92(98)68-47-41-35-29-23-17-11-5)112-105-87-63-84-102(96-78-57-51-72-90(96)66-45-39-33-27-21-15-9-3)108(105)99-81-60-54-75-93(99)69-48-42-36-30-24-18-12-6/h49-63,70-87H,7-48,64-69H2,1-6H3. The summed E-state index contributed by atoms with van der Waals surface area (Å²) in [6, 6.07) is 73.5. The normalized spacial score (nSPS) is 11.6. The Morgan fingerprint density at radius 3 is 0.540 bits per heavy atom. The van der Waals surface area contributed by atoms with E-state index in [4.69, 9.17) is 13.6 Å². The van der Waals surface area contributed by atoms with Crippen LogP contribution in [0, 0.1) is 0 Å². The van der Waals surface area contributed by atoms with Crippen molar-refractivity contribution in [3.63, 3.8) is 0 Å². The third-order valence-electron chi connectivity index (χ3n) is 23.8. The Morgan fingerprint density at radius 1 is 0.177 bits per heavy atom. The zero-order valence-electron chi connectivity index (χ0n) is 71.6. The summed E-state index contributed by atoms with van der Waals surface area (Å²) in [6.07, 6.45) is 57.4. The lowest BCUT2D eigenvalue weighted by Gasteiger charge is -2.27. The molecule has 9 aromatic carbocycles. The number of benzene rings is 9. The van der Waals surface area contributed by atoms with Crippen molar-refractivity contribution in [2.45, 2.75) is 350 Å². The second-order valence-corrected chi connectivity index (χ2v) is 34.4. The van der Waals surface area contributed by atoms with Crippen molar-refractivity contribution in [3.05, 3.63) is 234 Å². The maximum absolute atomic E-state index is 18.4. The maximum Gasteiger partial charge on any atom is 0.647 e. The van der Waals surface area contributed by atoms with Crippen LogP contribution in [0.25, 0.3) is 66.8 Å². The van der Waals surface area contributed by atoms with E-state index in [0.29, 0.717) is 17.2 Å². The highest BCUT2D eigenvalue weighted by molar-refractivity contribution is 7.49. The summed E-state index contributed by atoms with van der Waals surface area (Å²) in [5, 5.41) is 0. The van der Waals surface area contributed by atoms with Crippen LogP contribution in [0.4, 0.5) is 0 Å². The summed E-state index contributed by atoms with van der Waals surface area (Å²) in [5.74, 6) is 1.41. The number of hydrogen-bond donors (Lipinski definition) is 0. The molecule has 0 aliphatic heterocycles. The smallest absolute Gasteiger partial charge is 0.385 e. The minimum Gasteiger partial charge on any atom is -0.385 e. The summed E-state index contributed by atoms with van der Waals surface area (Å²) < 4.78 is 41.8. The van der Waals surface area contributed by atoms with Crippen molar-refractivity contribution in [1.82, 2.24) is 0 Å².